The van der Waals surface area contributed by atoms with Crippen LogP contribution in [0.15, 0.2) is 12.2 Å². The Balaban J connectivity index is 4.67. The van der Waals surface area contributed by atoms with Gasteiger partial charge in [-0.15, -0.1) is 0 Å². The molecule has 19 heavy (non-hydrogen) atoms. The van der Waals surface area contributed by atoms with E-state index < -0.39 is 17.7 Å². The molecule has 5 nitrogen and oxygen atoms in total. The topological polar surface area (TPSA) is 75.6 Å². The summed E-state index contributed by atoms with van der Waals surface area (Å²) in [6.07, 6.45) is 2.58. The highest BCUT2D eigenvalue weighted by Gasteiger charge is 2.22. The van der Waals surface area contributed by atoms with Gasteiger partial charge in [-0.1, -0.05) is 26.8 Å². The number of carboxylic acids is 1. The first kappa shape index (κ1) is 17.5. The van der Waals surface area contributed by atoms with Crippen LogP contribution >= 0.6 is 0 Å². The summed E-state index contributed by atoms with van der Waals surface area (Å²) < 4.78 is 5.16. The number of aliphatic carboxylic acids is 1. The van der Waals surface area contributed by atoms with Crippen LogP contribution in [-0.4, -0.2) is 28.8 Å². The van der Waals surface area contributed by atoms with Gasteiger partial charge in [-0.2, -0.15) is 0 Å². The summed E-state index contributed by atoms with van der Waals surface area (Å²) in [5.41, 5.74) is -0.616. The molecule has 0 spiro atoms. The lowest BCUT2D eigenvalue weighted by molar-refractivity contribution is -0.131. The molecule has 0 aliphatic carbocycles. The first-order valence-corrected chi connectivity index (χ1v) is 6.30. The zero-order chi connectivity index (χ0) is 15.3. The molecule has 0 unspecified atom stereocenters. The maximum absolute atomic E-state index is 11.7. The zero-order valence-electron chi connectivity index (χ0n) is 12.6. The number of hydrogen-bond acceptors (Lipinski definition) is 3. The Bertz CT molecular complexity index is 347. The van der Waals surface area contributed by atoms with E-state index in [0.717, 1.165) is 6.08 Å². The predicted octanol–water partition coefficient (Wildman–Crippen LogP) is 2.96. The molecule has 0 saturated carbocycles. The van der Waals surface area contributed by atoms with Crippen molar-refractivity contribution in [2.45, 2.75) is 59.6 Å². The van der Waals surface area contributed by atoms with Crippen molar-refractivity contribution in [2.24, 2.45) is 5.41 Å². The molecule has 1 amide bonds. The van der Waals surface area contributed by atoms with Gasteiger partial charge in [0.05, 0.1) is 6.04 Å². The molecule has 0 aliphatic rings. The molecule has 2 N–H and O–H groups in total. The second-order valence-corrected chi connectivity index (χ2v) is 6.71. The van der Waals surface area contributed by atoms with Gasteiger partial charge in [0.1, 0.15) is 5.60 Å². The lowest BCUT2D eigenvalue weighted by atomic mass is 9.88. The van der Waals surface area contributed by atoms with Crippen molar-refractivity contribution >= 4 is 12.1 Å². The molecule has 0 aromatic carbocycles. The van der Waals surface area contributed by atoms with E-state index >= 15 is 0 Å². The summed E-state index contributed by atoms with van der Waals surface area (Å²) in [6, 6.07) is -0.369. The van der Waals surface area contributed by atoms with Crippen LogP contribution in [0.3, 0.4) is 0 Å². The first-order chi connectivity index (χ1) is 8.39. The van der Waals surface area contributed by atoms with Gasteiger partial charge in [0, 0.05) is 6.08 Å². The molecule has 0 rings (SSSR count). The van der Waals surface area contributed by atoms with Crippen LogP contribution in [0.1, 0.15) is 48.0 Å². The highest BCUT2D eigenvalue weighted by Crippen LogP contribution is 2.21. The minimum absolute atomic E-state index is 0.0392. The standard InChI is InChI=1S/C14H25NO4/c1-13(2,3)9-10(7-8-11(16)17)15-12(18)19-14(4,5)6/h7-8,10H,9H2,1-6H3,(H,15,18)(H,16,17)/b8-7+/t10-/m1/s1. The summed E-state index contributed by atoms with van der Waals surface area (Å²) in [7, 11) is 0. The van der Waals surface area contributed by atoms with Crippen LogP contribution in [0.5, 0.6) is 0 Å². The predicted molar refractivity (Wildman–Crippen MR) is 74.0 cm³/mol. The summed E-state index contributed by atoms with van der Waals surface area (Å²) in [5, 5.41) is 11.3. The van der Waals surface area contributed by atoms with E-state index in [9.17, 15) is 9.59 Å². The number of nitrogens with one attached hydrogen (secondary N) is 1. The number of carbonyl (C=O) groups is 2. The number of carboxylic acid groups (broad SMARTS) is 1. The van der Waals surface area contributed by atoms with Gasteiger partial charge in [0.25, 0.3) is 0 Å². The van der Waals surface area contributed by atoms with Gasteiger partial charge < -0.3 is 15.2 Å². The van der Waals surface area contributed by atoms with Crippen LogP contribution in [0.4, 0.5) is 4.79 Å². The van der Waals surface area contributed by atoms with Gasteiger partial charge in [-0.25, -0.2) is 9.59 Å². The molecular formula is C14H25NO4. The fraction of sp³-hybridized carbons (Fsp3) is 0.714. The Morgan fingerprint density at radius 1 is 1.21 bits per heavy atom. The van der Waals surface area contributed by atoms with Crippen molar-refractivity contribution in [1.29, 1.82) is 0 Å². The monoisotopic (exact) mass is 271 g/mol. The molecule has 0 saturated heterocycles. The lowest BCUT2D eigenvalue weighted by Gasteiger charge is -2.26. The molecule has 0 fully saturated rings. The smallest absolute Gasteiger partial charge is 0.408 e. The van der Waals surface area contributed by atoms with Crippen molar-refractivity contribution in [1.82, 2.24) is 5.32 Å². The molecule has 0 bridgehead atoms. The maximum atomic E-state index is 11.7. The van der Waals surface area contributed by atoms with Crippen molar-refractivity contribution in [3.63, 3.8) is 0 Å². The van der Waals surface area contributed by atoms with E-state index in [-0.39, 0.29) is 11.5 Å². The molecule has 0 radical (unpaired) electrons. The number of rotatable bonds is 4. The maximum Gasteiger partial charge on any atom is 0.408 e. The second-order valence-electron chi connectivity index (χ2n) is 6.71. The third-order valence-electron chi connectivity index (χ3n) is 2.01. The van der Waals surface area contributed by atoms with Gasteiger partial charge in [-0.05, 0) is 32.6 Å². The zero-order valence-corrected chi connectivity index (χ0v) is 12.6. The molecule has 1 atom stereocenters. The summed E-state index contributed by atoms with van der Waals surface area (Å²) in [4.78, 5) is 22.2. The Morgan fingerprint density at radius 2 is 1.74 bits per heavy atom. The Hall–Kier alpha value is -1.52. The number of amides is 1. The van der Waals surface area contributed by atoms with E-state index in [0.29, 0.717) is 6.42 Å². The van der Waals surface area contributed by atoms with Gasteiger partial charge in [-0.3, -0.25) is 0 Å². The first-order valence-electron chi connectivity index (χ1n) is 6.30. The van der Waals surface area contributed by atoms with Crippen LogP contribution in [0.25, 0.3) is 0 Å². The van der Waals surface area contributed by atoms with E-state index in [1.165, 1.54) is 6.08 Å². The number of carbonyl (C=O) groups excluding carboxylic acids is 1. The van der Waals surface area contributed by atoms with Crippen LogP contribution in [0.2, 0.25) is 0 Å². The highest BCUT2D eigenvalue weighted by atomic mass is 16.6. The van der Waals surface area contributed by atoms with Gasteiger partial charge >= 0.3 is 12.1 Å². The van der Waals surface area contributed by atoms with Gasteiger partial charge in [0.2, 0.25) is 0 Å². The summed E-state index contributed by atoms with van der Waals surface area (Å²) in [5.74, 6) is -1.04. The lowest BCUT2D eigenvalue weighted by Crippen LogP contribution is -2.40. The average Bonchev–Trinajstić information content (AvgIpc) is 2.08. The van der Waals surface area contributed by atoms with E-state index in [1.54, 1.807) is 20.8 Å². The van der Waals surface area contributed by atoms with Crippen molar-refractivity contribution in [3.8, 4) is 0 Å². The molecule has 0 aromatic rings. The van der Waals surface area contributed by atoms with Crippen LogP contribution in [-0.2, 0) is 9.53 Å². The van der Waals surface area contributed by atoms with Crippen molar-refractivity contribution in [2.75, 3.05) is 0 Å². The molecule has 0 aromatic heterocycles. The minimum atomic E-state index is -1.04. The number of ether oxygens (including phenoxy) is 1. The Morgan fingerprint density at radius 3 is 2.11 bits per heavy atom. The van der Waals surface area contributed by atoms with E-state index in [2.05, 4.69) is 5.32 Å². The van der Waals surface area contributed by atoms with Crippen LogP contribution in [0, 0.1) is 5.41 Å². The average molecular weight is 271 g/mol. The Kier molecular flexibility index (Phi) is 6.06. The Labute approximate surface area is 115 Å². The van der Waals surface area contributed by atoms with E-state index in [1.807, 2.05) is 20.8 Å². The summed E-state index contributed by atoms with van der Waals surface area (Å²) in [6.45, 7) is 11.4. The van der Waals surface area contributed by atoms with Crippen LogP contribution < -0.4 is 5.32 Å². The largest absolute Gasteiger partial charge is 0.478 e. The second kappa shape index (κ2) is 6.59. The minimum Gasteiger partial charge on any atom is -0.478 e. The highest BCUT2D eigenvalue weighted by molar-refractivity contribution is 5.80. The molecule has 0 heterocycles. The normalized spacial score (nSPS) is 14.2. The quantitative estimate of drug-likeness (QED) is 0.771. The van der Waals surface area contributed by atoms with Gasteiger partial charge in [0.15, 0.2) is 0 Å². The molecule has 5 heteroatoms. The fourth-order valence-electron chi connectivity index (χ4n) is 1.48. The molecule has 110 valence electrons. The SMILES string of the molecule is CC(C)(C)C[C@@H](/C=C/C(=O)O)NC(=O)OC(C)(C)C. The fourth-order valence-corrected chi connectivity index (χ4v) is 1.48. The molecular weight excluding hydrogens is 246 g/mol. The van der Waals surface area contributed by atoms with Crippen molar-refractivity contribution in [3.05, 3.63) is 12.2 Å². The molecule has 0 aliphatic heterocycles. The summed E-state index contributed by atoms with van der Waals surface area (Å²) >= 11 is 0. The third-order valence-corrected chi connectivity index (χ3v) is 2.01. The van der Waals surface area contributed by atoms with Crippen molar-refractivity contribution < 1.29 is 19.4 Å². The third kappa shape index (κ3) is 11.3. The van der Waals surface area contributed by atoms with E-state index in [4.69, 9.17) is 9.84 Å². The number of alkyl carbamates (subject to hydrolysis) is 1. The number of hydrogen-bond donors (Lipinski definition) is 2.